The van der Waals surface area contributed by atoms with Gasteiger partial charge in [-0.1, -0.05) is 30.0 Å². The van der Waals surface area contributed by atoms with Crippen molar-refractivity contribution >= 4 is 11.6 Å². The Kier molecular flexibility index (Phi) is 7.05. The molecule has 1 saturated heterocycles. The molecule has 2 fully saturated rings. The molecule has 9 heteroatoms. The highest BCUT2D eigenvalue weighted by Gasteiger charge is 2.43. The van der Waals surface area contributed by atoms with Gasteiger partial charge in [0.15, 0.2) is 11.9 Å². The number of benzene rings is 2. The SMILES string of the molecule is CN1c2cc(C#CC3(F)CN(CC4CC4)C3)ccc2OCC(NC(=O)c2cc(Oc3ccccc3)ccn2)C1O. The van der Waals surface area contributed by atoms with Crippen LogP contribution in [0.1, 0.15) is 28.9 Å². The topological polar surface area (TPSA) is 87.2 Å². The molecule has 206 valence electrons. The van der Waals surface area contributed by atoms with Crippen molar-refractivity contribution in [2.75, 3.05) is 38.2 Å². The van der Waals surface area contributed by atoms with Crippen LogP contribution in [0.5, 0.6) is 17.2 Å². The molecule has 0 radical (unpaired) electrons. The molecular weight excluding hydrogens is 511 g/mol. The molecule has 2 aliphatic heterocycles. The van der Waals surface area contributed by atoms with E-state index in [-0.39, 0.29) is 12.3 Å². The Morgan fingerprint density at radius 2 is 1.98 bits per heavy atom. The maximum Gasteiger partial charge on any atom is 0.270 e. The van der Waals surface area contributed by atoms with Crippen LogP contribution in [-0.2, 0) is 0 Å². The quantitative estimate of drug-likeness (QED) is 0.461. The minimum atomic E-state index is -1.49. The molecule has 1 amide bonds. The van der Waals surface area contributed by atoms with Crippen molar-refractivity contribution in [1.29, 1.82) is 0 Å². The third-order valence-electron chi connectivity index (χ3n) is 7.37. The number of carbonyl (C=O) groups excluding carboxylic acids is 1. The molecule has 2 aromatic carbocycles. The number of amides is 1. The fraction of sp³-hybridized carbons (Fsp3) is 0.355. The average Bonchev–Trinajstić information content (AvgIpc) is 3.78. The number of pyridine rings is 1. The fourth-order valence-electron chi connectivity index (χ4n) is 4.97. The van der Waals surface area contributed by atoms with Crippen molar-refractivity contribution < 1.29 is 23.8 Å². The van der Waals surface area contributed by atoms with Gasteiger partial charge in [0, 0.05) is 44.5 Å². The second-order valence-corrected chi connectivity index (χ2v) is 10.7. The highest BCUT2D eigenvalue weighted by molar-refractivity contribution is 5.93. The Labute approximate surface area is 232 Å². The number of aliphatic hydroxyl groups excluding tert-OH is 1. The third-order valence-corrected chi connectivity index (χ3v) is 7.37. The molecule has 2 unspecified atom stereocenters. The molecule has 0 bridgehead atoms. The molecule has 8 nitrogen and oxygen atoms in total. The lowest BCUT2D eigenvalue weighted by atomic mass is 9.96. The Morgan fingerprint density at radius 1 is 1.18 bits per heavy atom. The van der Waals surface area contributed by atoms with E-state index in [0.717, 1.165) is 12.5 Å². The Hall–Kier alpha value is -4.13. The number of carbonyl (C=O) groups is 1. The molecule has 2 N–H and O–H groups in total. The molecule has 0 spiro atoms. The van der Waals surface area contributed by atoms with Crippen molar-refractivity contribution in [1.82, 2.24) is 15.2 Å². The van der Waals surface area contributed by atoms with Crippen LogP contribution in [0.3, 0.4) is 0 Å². The number of fused-ring (bicyclic) bond motifs is 1. The number of para-hydroxylation sites is 1. The van der Waals surface area contributed by atoms with E-state index < -0.39 is 23.8 Å². The van der Waals surface area contributed by atoms with E-state index in [0.29, 0.717) is 41.6 Å². The van der Waals surface area contributed by atoms with Crippen molar-refractivity contribution in [2.24, 2.45) is 5.92 Å². The van der Waals surface area contributed by atoms with E-state index in [4.69, 9.17) is 9.47 Å². The summed E-state index contributed by atoms with van der Waals surface area (Å²) in [7, 11) is 1.71. The number of likely N-dealkylation sites (tertiary alicyclic amines) is 1. The van der Waals surface area contributed by atoms with Crippen molar-refractivity contribution in [3.05, 3.63) is 78.1 Å². The summed E-state index contributed by atoms with van der Waals surface area (Å²) in [6.45, 7) is 1.70. The van der Waals surface area contributed by atoms with E-state index in [1.54, 1.807) is 42.3 Å². The van der Waals surface area contributed by atoms with Gasteiger partial charge >= 0.3 is 0 Å². The van der Waals surface area contributed by atoms with Gasteiger partial charge < -0.3 is 24.8 Å². The normalized spacial score (nSPS) is 21.5. The summed E-state index contributed by atoms with van der Waals surface area (Å²) < 4.78 is 26.7. The number of aliphatic hydroxyl groups is 1. The molecule has 1 saturated carbocycles. The van der Waals surface area contributed by atoms with Crippen LogP contribution >= 0.6 is 0 Å². The summed E-state index contributed by atoms with van der Waals surface area (Å²) in [6, 6.07) is 17.0. The minimum Gasteiger partial charge on any atom is -0.489 e. The highest BCUT2D eigenvalue weighted by atomic mass is 19.1. The van der Waals surface area contributed by atoms with Crippen LogP contribution in [0.25, 0.3) is 0 Å². The van der Waals surface area contributed by atoms with Crippen LogP contribution in [0, 0.1) is 17.8 Å². The molecule has 1 aliphatic carbocycles. The average molecular weight is 543 g/mol. The zero-order chi connectivity index (χ0) is 27.7. The first-order valence-electron chi connectivity index (χ1n) is 13.5. The number of hydrogen-bond acceptors (Lipinski definition) is 7. The van der Waals surface area contributed by atoms with Crippen LogP contribution < -0.4 is 19.7 Å². The van der Waals surface area contributed by atoms with Gasteiger partial charge in [-0.25, -0.2) is 4.39 Å². The molecule has 3 heterocycles. The number of halogens is 1. The van der Waals surface area contributed by atoms with E-state index >= 15 is 0 Å². The second kappa shape index (κ2) is 10.8. The van der Waals surface area contributed by atoms with Gasteiger partial charge in [0.05, 0.1) is 5.69 Å². The van der Waals surface area contributed by atoms with Crippen LogP contribution in [0.15, 0.2) is 66.9 Å². The summed E-state index contributed by atoms with van der Waals surface area (Å²) in [5.74, 6) is 7.67. The van der Waals surface area contributed by atoms with Gasteiger partial charge in [-0.15, -0.1) is 0 Å². The molecule has 3 aliphatic rings. The zero-order valence-corrected chi connectivity index (χ0v) is 22.2. The lowest BCUT2D eigenvalue weighted by Gasteiger charge is -2.41. The first-order chi connectivity index (χ1) is 19.3. The van der Waals surface area contributed by atoms with E-state index in [9.17, 15) is 14.3 Å². The molecule has 6 rings (SSSR count). The highest BCUT2D eigenvalue weighted by Crippen LogP contribution is 2.35. The predicted molar refractivity (Wildman–Crippen MR) is 148 cm³/mol. The number of ether oxygens (including phenoxy) is 2. The van der Waals surface area contributed by atoms with Gasteiger partial charge in [0.1, 0.15) is 35.6 Å². The third kappa shape index (κ3) is 5.88. The minimum absolute atomic E-state index is 0.0416. The summed E-state index contributed by atoms with van der Waals surface area (Å²) in [6.07, 6.45) is 2.90. The Bertz CT molecular complexity index is 1450. The Balaban J connectivity index is 1.10. The number of nitrogens with one attached hydrogen (secondary N) is 1. The largest absolute Gasteiger partial charge is 0.489 e. The van der Waals surface area contributed by atoms with Crippen molar-refractivity contribution in [3.63, 3.8) is 0 Å². The molecule has 3 aromatic rings. The maximum atomic E-state index is 15.0. The fourth-order valence-corrected chi connectivity index (χ4v) is 4.97. The van der Waals surface area contributed by atoms with Gasteiger partial charge in [-0.2, -0.15) is 0 Å². The van der Waals surface area contributed by atoms with Crippen molar-refractivity contribution in [3.8, 4) is 29.1 Å². The smallest absolute Gasteiger partial charge is 0.270 e. The zero-order valence-electron chi connectivity index (χ0n) is 22.2. The number of aromatic nitrogens is 1. The number of rotatable bonds is 6. The van der Waals surface area contributed by atoms with Gasteiger partial charge in [0.2, 0.25) is 0 Å². The molecule has 2 atom stereocenters. The van der Waals surface area contributed by atoms with Gasteiger partial charge in [-0.05, 0) is 55.2 Å². The lowest BCUT2D eigenvalue weighted by Crippen LogP contribution is -2.58. The van der Waals surface area contributed by atoms with Gasteiger partial charge in [-0.3, -0.25) is 14.7 Å². The monoisotopic (exact) mass is 542 g/mol. The summed E-state index contributed by atoms with van der Waals surface area (Å²) in [4.78, 5) is 20.9. The standard InChI is InChI=1S/C31H31FN4O4/c1-35-27-15-21(11-13-31(32)19-36(20-31)17-22-7-8-22)9-10-28(27)39-18-26(30(35)38)34-29(37)25-16-24(12-14-33-25)40-23-5-3-2-4-6-23/h2-6,9-10,12,14-16,22,26,30,38H,7-8,17-20H2,1H3,(H,34,37). The number of likely N-dealkylation sites (N-methyl/N-ethyl adjacent to an activating group) is 1. The molecule has 1 aromatic heterocycles. The summed E-state index contributed by atoms with van der Waals surface area (Å²) in [5, 5.41) is 13.9. The predicted octanol–water partition coefficient (Wildman–Crippen LogP) is 3.60. The summed E-state index contributed by atoms with van der Waals surface area (Å²) >= 11 is 0. The number of hydrogen-bond donors (Lipinski definition) is 2. The van der Waals surface area contributed by atoms with Crippen LogP contribution in [0.4, 0.5) is 10.1 Å². The second-order valence-electron chi connectivity index (χ2n) is 10.7. The first kappa shape index (κ1) is 26.1. The summed E-state index contributed by atoms with van der Waals surface area (Å²) in [5.41, 5.74) is -0.115. The molecule has 40 heavy (non-hydrogen) atoms. The number of alkyl halides is 1. The first-order valence-corrected chi connectivity index (χ1v) is 13.5. The number of anilines is 1. The lowest BCUT2D eigenvalue weighted by molar-refractivity contribution is 0.0101. The van der Waals surface area contributed by atoms with Crippen LogP contribution in [0.2, 0.25) is 0 Å². The maximum absolute atomic E-state index is 15.0. The van der Waals surface area contributed by atoms with Crippen molar-refractivity contribution in [2.45, 2.75) is 30.8 Å². The Morgan fingerprint density at radius 3 is 2.75 bits per heavy atom. The van der Waals surface area contributed by atoms with E-state index in [2.05, 4.69) is 27.0 Å². The molecular formula is C31H31FN4O4. The van der Waals surface area contributed by atoms with E-state index in [1.165, 1.54) is 19.0 Å². The number of nitrogens with zero attached hydrogens (tertiary/aromatic N) is 3. The van der Waals surface area contributed by atoms with Crippen LogP contribution in [-0.4, -0.2) is 72.1 Å². The van der Waals surface area contributed by atoms with Gasteiger partial charge in [0.25, 0.3) is 5.91 Å². The van der Waals surface area contributed by atoms with E-state index in [1.807, 2.05) is 30.3 Å².